The van der Waals surface area contributed by atoms with Crippen LogP contribution in [0.3, 0.4) is 0 Å². The number of pyridine rings is 1. The van der Waals surface area contributed by atoms with Gasteiger partial charge in [-0.3, -0.25) is 0 Å². The Balaban J connectivity index is 2.24. The van der Waals surface area contributed by atoms with E-state index in [4.69, 9.17) is 5.73 Å². The van der Waals surface area contributed by atoms with Gasteiger partial charge in [-0.25, -0.2) is 4.98 Å². The fourth-order valence-corrected chi connectivity index (χ4v) is 2.46. The number of rotatable bonds is 1. The second-order valence-electron chi connectivity index (χ2n) is 4.19. The normalized spacial score (nSPS) is 17.8. The summed E-state index contributed by atoms with van der Waals surface area (Å²) in [5.74, 6) is 0.929. The van der Waals surface area contributed by atoms with Gasteiger partial charge >= 0.3 is 0 Å². The molecule has 88 valence electrons. The van der Waals surface area contributed by atoms with E-state index >= 15 is 0 Å². The zero-order chi connectivity index (χ0) is 11.7. The Kier molecular flexibility index (Phi) is 3.35. The molecule has 0 atom stereocenters. The Hall–Kier alpha value is -0.810. The monoisotopic (exact) mass is 285 g/mol. The maximum Gasteiger partial charge on any atom is 0.143 e. The van der Waals surface area contributed by atoms with E-state index in [1.54, 1.807) is 6.20 Å². The molecule has 1 aromatic heterocycles. The van der Waals surface area contributed by atoms with Gasteiger partial charge in [0.15, 0.2) is 0 Å². The molecule has 0 aromatic carbocycles. The maximum atomic E-state index is 9.46. The summed E-state index contributed by atoms with van der Waals surface area (Å²) in [4.78, 5) is 6.54. The molecule has 0 saturated carbocycles. The van der Waals surface area contributed by atoms with Crippen LogP contribution in [0.5, 0.6) is 0 Å². The van der Waals surface area contributed by atoms with Gasteiger partial charge in [0, 0.05) is 13.1 Å². The molecule has 0 radical (unpaired) electrons. The Morgan fingerprint density at radius 3 is 2.75 bits per heavy atom. The molecular formula is C11H16BrN3O. The molecule has 1 aliphatic heterocycles. The number of nitrogens with two attached hydrogens (primary N) is 1. The molecule has 0 unspecified atom stereocenters. The van der Waals surface area contributed by atoms with E-state index in [0.717, 1.165) is 41.8 Å². The lowest BCUT2D eigenvalue weighted by Gasteiger charge is -2.31. The third-order valence-electron chi connectivity index (χ3n) is 3.05. The largest absolute Gasteiger partial charge is 0.397 e. The van der Waals surface area contributed by atoms with Crippen molar-refractivity contribution in [2.75, 3.05) is 23.7 Å². The number of aliphatic hydroxyl groups excluding tert-OH is 1. The zero-order valence-corrected chi connectivity index (χ0v) is 10.9. The van der Waals surface area contributed by atoms with Crippen LogP contribution in [0.2, 0.25) is 0 Å². The number of hydrogen-bond donors (Lipinski definition) is 2. The molecule has 1 aromatic rings. The predicted octanol–water partition coefficient (Wildman–Crippen LogP) is 1.70. The van der Waals surface area contributed by atoms with Gasteiger partial charge < -0.3 is 15.7 Å². The molecule has 1 fully saturated rings. The van der Waals surface area contributed by atoms with Gasteiger partial charge in [-0.2, -0.15) is 0 Å². The second-order valence-corrected chi connectivity index (χ2v) is 4.99. The van der Waals surface area contributed by atoms with Crippen molar-refractivity contribution in [1.29, 1.82) is 0 Å². The summed E-state index contributed by atoms with van der Waals surface area (Å²) in [6.07, 6.45) is 3.14. The van der Waals surface area contributed by atoms with E-state index in [0.29, 0.717) is 5.69 Å². The van der Waals surface area contributed by atoms with Crippen molar-refractivity contribution in [2.24, 2.45) is 0 Å². The van der Waals surface area contributed by atoms with Crippen molar-refractivity contribution in [3.05, 3.63) is 16.2 Å². The Bertz CT molecular complexity index is 389. The van der Waals surface area contributed by atoms with Crippen LogP contribution in [0.4, 0.5) is 11.5 Å². The minimum Gasteiger partial charge on any atom is -0.397 e. The average Bonchev–Trinajstić information content (AvgIpc) is 2.28. The first-order valence-corrected chi connectivity index (χ1v) is 6.22. The van der Waals surface area contributed by atoms with Gasteiger partial charge in [0.2, 0.25) is 0 Å². The predicted molar refractivity (Wildman–Crippen MR) is 68.5 cm³/mol. The summed E-state index contributed by atoms with van der Waals surface area (Å²) in [7, 11) is 0. The summed E-state index contributed by atoms with van der Waals surface area (Å²) in [5, 5.41) is 9.46. The summed E-state index contributed by atoms with van der Waals surface area (Å²) in [6.45, 7) is 3.66. The highest BCUT2D eigenvalue weighted by Gasteiger charge is 2.20. The zero-order valence-electron chi connectivity index (χ0n) is 9.28. The summed E-state index contributed by atoms with van der Waals surface area (Å²) >= 11 is 3.53. The van der Waals surface area contributed by atoms with E-state index < -0.39 is 0 Å². The molecule has 16 heavy (non-hydrogen) atoms. The maximum absolute atomic E-state index is 9.46. The lowest BCUT2D eigenvalue weighted by Crippen LogP contribution is -2.36. The molecule has 0 aliphatic carbocycles. The molecule has 2 rings (SSSR count). The van der Waals surface area contributed by atoms with Crippen molar-refractivity contribution in [3.63, 3.8) is 0 Å². The van der Waals surface area contributed by atoms with Crippen LogP contribution in [0.25, 0.3) is 0 Å². The van der Waals surface area contributed by atoms with Gasteiger partial charge in [-0.1, -0.05) is 0 Å². The number of halogens is 1. The molecule has 1 saturated heterocycles. The Morgan fingerprint density at radius 2 is 2.12 bits per heavy atom. The fourth-order valence-electron chi connectivity index (χ4n) is 1.88. The smallest absolute Gasteiger partial charge is 0.143 e. The Morgan fingerprint density at radius 1 is 1.50 bits per heavy atom. The van der Waals surface area contributed by atoms with Crippen molar-refractivity contribution in [2.45, 2.75) is 25.9 Å². The van der Waals surface area contributed by atoms with Crippen LogP contribution in [0.15, 0.2) is 10.7 Å². The van der Waals surface area contributed by atoms with E-state index in [1.165, 1.54) is 0 Å². The molecule has 0 bridgehead atoms. The number of piperidine rings is 1. The molecule has 3 N–H and O–H groups in total. The molecule has 2 heterocycles. The van der Waals surface area contributed by atoms with E-state index in [2.05, 4.69) is 25.8 Å². The lowest BCUT2D eigenvalue weighted by atomic mass is 10.1. The van der Waals surface area contributed by atoms with Crippen molar-refractivity contribution in [1.82, 2.24) is 4.98 Å². The molecule has 4 nitrogen and oxygen atoms in total. The van der Waals surface area contributed by atoms with E-state index in [-0.39, 0.29) is 6.10 Å². The van der Waals surface area contributed by atoms with Gasteiger partial charge in [0.25, 0.3) is 0 Å². The van der Waals surface area contributed by atoms with Crippen LogP contribution in [-0.4, -0.2) is 29.3 Å². The number of nitrogen functional groups attached to an aromatic ring is 1. The minimum absolute atomic E-state index is 0.162. The van der Waals surface area contributed by atoms with Gasteiger partial charge in [-0.05, 0) is 41.3 Å². The van der Waals surface area contributed by atoms with Crippen LogP contribution < -0.4 is 10.6 Å². The molecule has 5 heteroatoms. The van der Waals surface area contributed by atoms with Gasteiger partial charge in [0.05, 0.1) is 22.5 Å². The molecular weight excluding hydrogens is 270 g/mol. The molecule has 1 aliphatic rings. The van der Waals surface area contributed by atoms with Gasteiger partial charge in [-0.15, -0.1) is 0 Å². The quantitative estimate of drug-likeness (QED) is 0.824. The summed E-state index contributed by atoms with van der Waals surface area (Å²) in [5.41, 5.74) is 7.52. The van der Waals surface area contributed by atoms with Crippen LogP contribution in [0, 0.1) is 6.92 Å². The molecule has 0 amide bonds. The van der Waals surface area contributed by atoms with Gasteiger partial charge in [0.1, 0.15) is 5.82 Å². The van der Waals surface area contributed by atoms with E-state index in [1.807, 2.05) is 6.92 Å². The Labute approximate surface area is 104 Å². The van der Waals surface area contributed by atoms with Crippen LogP contribution in [-0.2, 0) is 0 Å². The second kappa shape index (κ2) is 4.59. The van der Waals surface area contributed by atoms with Crippen LogP contribution in [0.1, 0.15) is 18.4 Å². The third kappa shape index (κ3) is 2.15. The van der Waals surface area contributed by atoms with Crippen molar-refractivity contribution in [3.8, 4) is 0 Å². The SMILES string of the molecule is Cc1c(N)cnc(N2CCC(O)CC2)c1Br. The van der Waals surface area contributed by atoms with Crippen molar-refractivity contribution < 1.29 is 5.11 Å². The highest BCUT2D eigenvalue weighted by Crippen LogP contribution is 2.31. The topological polar surface area (TPSA) is 62.4 Å². The standard InChI is InChI=1S/C11H16BrN3O/c1-7-9(13)6-14-11(10(7)12)15-4-2-8(16)3-5-15/h6,8,16H,2-5,13H2,1H3. The number of aromatic nitrogens is 1. The highest BCUT2D eigenvalue weighted by molar-refractivity contribution is 9.10. The first-order valence-electron chi connectivity index (χ1n) is 5.43. The minimum atomic E-state index is -0.162. The lowest BCUT2D eigenvalue weighted by molar-refractivity contribution is 0.145. The third-order valence-corrected chi connectivity index (χ3v) is 4.00. The van der Waals surface area contributed by atoms with E-state index in [9.17, 15) is 5.11 Å². The number of anilines is 2. The molecule has 0 spiro atoms. The summed E-state index contributed by atoms with van der Waals surface area (Å²) < 4.78 is 0.962. The number of nitrogens with zero attached hydrogens (tertiary/aromatic N) is 2. The van der Waals surface area contributed by atoms with Crippen molar-refractivity contribution >= 4 is 27.4 Å². The fraction of sp³-hybridized carbons (Fsp3) is 0.545. The number of aliphatic hydroxyl groups is 1. The highest BCUT2D eigenvalue weighted by atomic mass is 79.9. The first kappa shape index (κ1) is 11.7. The first-order chi connectivity index (χ1) is 7.59. The number of hydrogen-bond acceptors (Lipinski definition) is 4. The summed E-state index contributed by atoms with van der Waals surface area (Å²) in [6, 6.07) is 0. The van der Waals surface area contributed by atoms with Crippen LogP contribution >= 0.6 is 15.9 Å². The average molecular weight is 286 g/mol.